The Balaban J connectivity index is 0.00000210. The van der Waals surface area contributed by atoms with Gasteiger partial charge in [0.1, 0.15) is 0 Å². The van der Waals surface area contributed by atoms with Gasteiger partial charge in [0.05, 0.1) is 63.1 Å². The molecule has 6 heteroatoms. The molecule has 0 aliphatic carbocycles. The van der Waals surface area contributed by atoms with Crippen LogP contribution in [0.25, 0.3) is 22.8 Å². The zero-order chi connectivity index (χ0) is 18.0. The molecule has 0 radical (unpaired) electrons. The molecule has 27 heavy (non-hydrogen) atoms. The van der Waals surface area contributed by atoms with E-state index in [1.54, 1.807) is 6.20 Å². The molecule has 0 atom stereocenters. The molecule has 0 aromatic carbocycles. The van der Waals surface area contributed by atoms with E-state index in [-0.39, 0.29) is 24.0 Å². The molecule has 5 nitrogen and oxygen atoms in total. The van der Waals surface area contributed by atoms with Crippen LogP contribution in [-0.4, -0.2) is 59.7 Å². The molecule has 3 aromatic rings. The first-order valence-electron chi connectivity index (χ1n) is 9.03. The van der Waals surface area contributed by atoms with Crippen molar-refractivity contribution < 1.29 is 28.5 Å². The molecule has 0 amide bonds. The number of quaternary nitrogens is 1. The Hall–Kier alpha value is -2.06. The predicted molar refractivity (Wildman–Crippen MR) is 105 cm³/mol. The molecule has 0 spiro atoms. The van der Waals surface area contributed by atoms with E-state index in [0.717, 1.165) is 53.4 Å². The first-order valence-corrected chi connectivity index (χ1v) is 9.03. The largest absolute Gasteiger partial charge is 1.00 e. The van der Waals surface area contributed by atoms with E-state index in [1.807, 2.05) is 42.6 Å². The minimum Gasteiger partial charge on any atom is -1.00 e. The lowest BCUT2D eigenvalue weighted by Gasteiger charge is -2.40. The van der Waals surface area contributed by atoms with Crippen molar-refractivity contribution in [2.24, 2.45) is 0 Å². The standard InChI is InChI=1S/C21H24N5.HI/c1-26(2)14-12-25(13-15-26)17-9-11-23-21(16-17)20-8-5-7-19(24-20)18-6-3-4-10-22-18;/h3-11,16H,12-15H2,1-2H3;1H/q+1;/p-1. The number of likely N-dealkylation sites (N-methyl/N-ethyl adjacent to an activating group) is 1. The van der Waals surface area contributed by atoms with E-state index in [0.29, 0.717) is 0 Å². The Morgan fingerprint density at radius 2 is 1.44 bits per heavy atom. The number of nitrogens with zero attached hydrogens (tertiary/aromatic N) is 5. The predicted octanol–water partition coefficient (Wildman–Crippen LogP) is 0.106. The van der Waals surface area contributed by atoms with Gasteiger partial charge in [-0.2, -0.15) is 0 Å². The third-order valence-electron chi connectivity index (χ3n) is 5.00. The van der Waals surface area contributed by atoms with E-state index in [2.05, 4.69) is 41.1 Å². The highest BCUT2D eigenvalue weighted by Gasteiger charge is 2.24. The maximum atomic E-state index is 4.78. The van der Waals surface area contributed by atoms with Crippen molar-refractivity contribution in [3.05, 3.63) is 60.9 Å². The van der Waals surface area contributed by atoms with Gasteiger partial charge >= 0.3 is 0 Å². The molecule has 0 N–H and O–H groups in total. The average Bonchev–Trinajstić information content (AvgIpc) is 2.69. The van der Waals surface area contributed by atoms with Crippen LogP contribution < -0.4 is 28.9 Å². The second kappa shape index (κ2) is 8.31. The summed E-state index contributed by atoms with van der Waals surface area (Å²) >= 11 is 0. The Bertz CT molecular complexity index is 888. The lowest BCUT2D eigenvalue weighted by atomic mass is 10.1. The number of piperazine rings is 1. The van der Waals surface area contributed by atoms with Gasteiger partial charge in [-0.15, -0.1) is 0 Å². The van der Waals surface area contributed by atoms with Crippen molar-refractivity contribution in [3.63, 3.8) is 0 Å². The number of aromatic nitrogens is 3. The van der Waals surface area contributed by atoms with Crippen LogP contribution in [0.15, 0.2) is 60.9 Å². The van der Waals surface area contributed by atoms with E-state index in [9.17, 15) is 0 Å². The molecule has 0 saturated carbocycles. The quantitative estimate of drug-likeness (QED) is 0.400. The first-order chi connectivity index (χ1) is 12.6. The molecule has 1 fully saturated rings. The third-order valence-corrected chi connectivity index (χ3v) is 5.00. The van der Waals surface area contributed by atoms with Crippen molar-refractivity contribution in [2.75, 3.05) is 45.2 Å². The van der Waals surface area contributed by atoms with Gasteiger partial charge in [0.15, 0.2) is 0 Å². The molecule has 1 aliphatic rings. The van der Waals surface area contributed by atoms with Gasteiger partial charge in [-0.25, -0.2) is 4.98 Å². The third kappa shape index (κ3) is 4.62. The van der Waals surface area contributed by atoms with Crippen molar-refractivity contribution in [1.29, 1.82) is 0 Å². The maximum absolute atomic E-state index is 4.78. The molecular formula is C21H24IN5. The summed E-state index contributed by atoms with van der Waals surface area (Å²) in [5, 5.41) is 0. The van der Waals surface area contributed by atoms with Crippen LogP contribution in [0.4, 0.5) is 5.69 Å². The van der Waals surface area contributed by atoms with Crippen molar-refractivity contribution in [2.45, 2.75) is 0 Å². The van der Waals surface area contributed by atoms with Gasteiger partial charge in [-0.1, -0.05) is 12.1 Å². The van der Waals surface area contributed by atoms with Gasteiger partial charge in [-0.05, 0) is 36.4 Å². The van der Waals surface area contributed by atoms with Gasteiger partial charge in [0.25, 0.3) is 0 Å². The Morgan fingerprint density at radius 1 is 0.778 bits per heavy atom. The Morgan fingerprint density at radius 3 is 2.15 bits per heavy atom. The number of hydrogen-bond acceptors (Lipinski definition) is 4. The highest BCUT2D eigenvalue weighted by Crippen LogP contribution is 2.24. The summed E-state index contributed by atoms with van der Waals surface area (Å²) in [5.41, 5.74) is 4.75. The fourth-order valence-electron chi connectivity index (χ4n) is 3.26. The zero-order valence-electron chi connectivity index (χ0n) is 15.7. The van der Waals surface area contributed by atoms with E-state index < -0.39 is 0 Å². The van der Waals surface area contributed by atoms with E-state index in [1.165, 1.54) is 5.69 Å². The molecule has 0 bridgehead atoms. The summed E-state index contributed by atoms with van der Waals surface area (Å²) in [5.74, 6) is 0. The highest BCUT2D eigenvalue weighted by atomic mass is 127. The molecule has 140 valence electrons. The lowest BCUT2D eigenvalue weighted by molar-refractivity contribution is -0.890. The van der Waals surface area contributed by atoms with E-state index >= 15 is 0 Å². The van der Waals surface area contributed by atoms with Crippen LogP contribution in [0, 0.1) is 0 Å². The van der Waals surface area contributed by atoms with Crippen molar-refractivity contribution in [3.8, 4) is 22.8 Å². The van der Waals surface area contributed by atoms with E-state index in [4.69, 9.17) is 4.98 Å². The van der Waals surface area contributed by atoms with Crippen LogP contribution >= 0.6 is 0 Å². The Kier molecular flexibility index (Phi) is 6.06. The van der Waals surface area contributed by atoms with Gasteiger partial charge in [-0.3, -0.25) is 9.97 Å². The molecule has 4 rings (SSSR count). The maximum Gasteiger partial charge on any atom is 0.0961 e. The number of pyridine rings is 3. The molecular weight excluding hydrogens is 449 g/mol. The van der Waals surface area contributed by atoms with Gasteiger partial charge < -0.3 is 33.4 Å². The van der Waals surface area contributed by atoms with Crippen LogP contribution in [0.3, 0.4) is 0 Å². The highest BCUT2D eigenvalue weighted by molar-refractivity contribution is 5.65. The fourth-order valence-corrected chi connectivity index (χ4v) is 3.26. The summed E-state index contributed by atoms with van der Waals surface area (Å²) in [6.07, 6.45) is 3.67. The summed E-state index contributed by atoms with van der Waals surface area (Å²) in [7, 11) is 4.59. The number of hydrogen-bond donors (Lipinski definition) is 0. The minimum atomic E-state index is 0. The number of rotatable bonds is 3. The Labute approximate surface area is 177 Å². The average molecular weight is 473 g/mol. The number of anilines is 1. The normalized spacial score (nSPS) is 15.9. The zero-order valence-corrected chi connectivity index (χ0v) is 17.9. The summed E-state index contributed by atoms with van der Waals surface area (Å²) in [4.78, 5) is 16.2. The lowest BCUT2D eigenvalue weighted by Crippen LogP contribution is -3.00. The monoisotopic (exact) mass is 473 g/mol. The number of halogens is 1. The molecule has 4 heterocycles. The topological polar surface area (TPSA) is 41.9 Å². The van der Waals surface area contributed by atoms with Crippen molar-refractivity contribution >= 4 is 5.69 Å². The van der Waals surface area contributed by atoms with Crippen LogP contribution in [0.5, 0.6) is 0 Å². The first kappa shape index (κ1) is 19.7. The van der Waals surface area contributed by atoms with Gasteiger partial charge in [0.2, 0.25) is 0 Å². The smallest absolute Gasteiger partial charge is 0.0961 e. The molecule has 1 aliphatic heterocycles. The summed E-state index contributed by atoms with van der Waals surface area (Å²) in [6.45, 7) is 4.45. The van der Waals surface area contributed by atoms with Crippen LogP contribution in [-0.2, 0) is 0 Å². The fraction of sp³-hybridized carbons (Fsp3) is 0.286. The van der Waals surface area contributed by atoms with Crippen molar-refractivity contribution in [1.82, 2.24) is 15.0 Å². The van der Waals surface area contributed by atoms with Crippen LogP contribution in [0.2, 0.25) is 0 Å². The summed E-state index contributed by atoms with van der Waals surface area (Å²) in [6, 6.07) is 16.1. The second-order valence-corrected chi connectivity index (χ2v) is 7.39. The minimum absolute atomic E-state index is 0. The molecule has 3 aromatic heterocycles. The van der Waals surface area contributed by atoms with Crippen LogP contribution in [0.1, 0.15) is 0 Å². The van der Waals surface area contributed by atoms with Gasteiger partial charge in [0, 0.05) is 18.1 Å². The molecule has 0 unspecified atom stereocenters. The molecule has 1 saturated heterocycles. The SMILES string of the molecule is C[N+]1(C)CCN(c2ccnc(-c3cccc(-c4ccccn4)n3)c2)CC1.[I-]. The summed E-state index contributed by atoms with van der Waals surface area (Å²) < 4.78 is 1.09. The second-order valence-electron chi connectivity index (χ2n) is 7.39.